The highest BCUT2D eigenvalue weighted by atomic mass is 16.7. The first-order chi connectivity index (χ1) is 5.42. The van der Waals surface area contributed by atoms with Crippen LogP contribution in [0, 0.1) is 6.07 Å². The van der Waals surface area contributed by atoms with Crippen LogP contribution in [-0.4, -0.2) is 6.79 Å². The second-order valence-corrected chi connectivity index (χ2v) is 2.26. The van der Waals surface area contributed by atoms with Gasteiger partial charge in [0, 0.05) is 12.1 Å². The Balaban J connectivity index is 2.50. The van der Waals surface area contributed by atoms with Crippen molar-refractivity contribution in [2.24, 2.45) is 5.73 Å². The molecule has 1 aromatic carbocycles. The van der Waals surface area contributed by atoms with Gasteiger partial charge in [-0.15, -0.1) is 0 Å². The fourth-order valence-corrected chi connectivity index (χ4v) is 1.08. The maximum atomic E-state index is 5.46. The van der Waals surface area contributed by atoms with Gasteiger partial charge in [-0.1, -0.05) is 6.07 Å². The van der Waals surface area contributed by atoms with Crippen molar-refractivity contribution in [1.82, 2.24) is 0 Å². The molecule has 11 heavy (non-hydrogen) atoms. The number of nitrogens with two attached hydrogens (primary N) is 1. The van der Waals surface area contributed by atoms with Crippen LogP contribution in [0.1, 0.15) is 5.56 Å². The van der Waals surface area contributed by atoms with E-state index in [-0.39, 0.29) is 0 Å². The van der Waals surface area contributed by atoms with E-state index in [1.165, 1.54) is 0 Å². The lowest BCUT2D eigenvalue weighted by Gasteiger charge is -2.00. The van der Waals surface area contributed by atoms with Gasteiger partial charge in [-0.05, 0) is 12.1 Å². The van der Waals surface area contributed by atoms with Crippen LogP contribution >= 0.6 is 0 Å². The Morgan fingerprint density at radius 2 is 2.45 bits per heavy atom. The number of rotatable bonds is 1. The summed E-state index contributed by atoms with van der Waals surface area (Å²) in [4.78, 5) is 0. The molecule has 0 aromatic heterocycles. The van der Waals surface area contributed by atoms with E-state index in [1.807, 2.05) is 6.07 Å². The van der Waals surface area contributed by atoms with E-state index in [9.17, 15) is 0 Å². The van der Waals surface area contributed by atoms with Gasteiger partial charge in [0.15, 0.2) is 11.5 Å². The van der Waals surface area contributed by atoms with E-state index < -0.39 is 0 Å². The van der Waals surface area contributed by atoms with Gasteiger partial charge in [0.25, 0.3) is 0 Å². The van der Waals surface area contributed by atoms with E-state index in [4.69, 9.17) is 15.2 Å². The Hall–Kier alpha value is -1.22. The molecule has 57 valence electrons. The monoisotopic (exact) mass is 150 g/mol. The van der Waals surface area contributed by atoms with E-state index >= 15 is 0 Å². The molecular weight excluding hydrogens is 142 g/mol. The van der Waals surface area contributed by atoms with Crippen molar-refractivity contribution in [2.75, 3.05) is 6.79 Å². The predicted molar refractivity (Wildman–Crippen MR) is 39.3 cm³/mol. The van der Waals surface area contributed by atoms with Crippen LogP contribution < -0.4 is 15.2 Å². The van der Waals surface area contributed by atoms with Crippen LogP contribution in [-0.2, 0) is 6.54 Å². The second kappa shape index (κ2) is 2.43. The van der Waals surface area contributed by atoms with Gasteiger partial charge in [0.05, 0.1) is 0 Å². The Morgan fingerprint density at radius 1 is 1.55 bits per heavy atom. The fourth-order valence-electron chi connectivity index (χ4n) is 1.08. The summed E-state index contributed by atoms with van der Waals surface area (Å²) in [5.41, 5.74) is 6.33. The topological polar surface area (TPSA) is 44.5 Å². The summed E-state index contributed by atoms with van der Waals surface area (Å²) in [6.07, 6.45) is 0. The van der Waals surface area contributed by atoms with Crippen molar-refractivity contribution >= 4 is 0 Å². The summed E-state index contributed by atoms with van der Waals surface area (Å²) in [5.74, 6) is 1.51. The van der Waals surface area contributed by atoms with Crippen molar-refractivity contribution in [2.45, 2.75) is 6.54 Å². The van der Waals surface area contributed by atoms with Crippen molar-refractivity contribution in [3.8, 4) is 11.5 Å². The smallest absolute Gasteiger partial charge is 0.231 e. The van der Waals surface area contributed by atoms with Crippen molar-refractivity contribution in [1.29, 1.82) is 0 Å². The van der Waals surface area contributed by atoms with E-state index in [2.05, 4.69) is 6.07 Å². The molecule has 0 spiro atoms. The number of hydrogen-bond donors (Lipinski definition) is 1. The maximum absolute atomic E-state index is 5.46. The normalized spacial score (nSPS) is 13.5. The van der Waals surface area contributed by atoms with Crippen LogP contribution in [0.3, 0.4) is 0 Å². The lowest BCUT2D eigenvalue weighted by molar-refractivity contribution is 0.173. The molecule has 2 N–H and O–H groups in total. The minimum absolute atomic E-state index is 0.292. The third-order valence-corrected chi connectivity index (χ3v) is 1.61. The first-order valence-electron chi connectivity index (χ1n) is 3.41. The highest BCUT2D eigenvalue weighted by Gasteiger charge is 2.15. The Bertz CT molecular complexity index is 273. The number of hydrogen-bond acceptors (Lipinski definition) is 3. The van der Waals surface area contributed by atoms with E-state index in [0.29, 0.717) is 13.3 Å². The van der Waals surface area contributed by atoms with Crippen LogP contribution in [0.25, 0.3) is 0 Å². The third-order valence-electron chi connectivity index (χ3n) is 1.61. The van der Waals surface area contributed by atoms with Crippen molar-refractivity contribution in [3.05, 3.63) is 23.8 Å². The minimum Gasteiger partial charge on any atom is -0.454 e. The number of fused-ring (bicyclic) bond motifs is 1. The summed E-state index contributed by atoms with van der Waals surface area (Å²) in [6.45, 7) is 0.729. The molecule has 0 saturated heterocycles. The van der Waals surface area contributed by atoms with Gasteiger partial charge >= 0.3 is 0 Å². The van der Waals surface area contributed by atoms with Crippen LogP contribution in [0.5, 0.6) is 11.5 Å². The van der Waals surface area contributed by atoms with Crippen LogP contribution in [0.2, 0.25) is 0 Å². The van der Waals surface area contributed by atoms with Gasteiger partial charge in [-0.3, -0.25) is 0 Å². The van der Waals surface area contributed by atoms with Crippen LogP contribution in [0.4, 0.5) is 0 Å². The van der Waals surface area contributed by atoms with E-state index in [1.54, 1.807) is 6.07 Å². The fraction of sp³-hybridized carbons (Fsp3) is 0.250. The molecule has 0 bridgehead atoms. The highest BCUT2D eigenvalue weighted by Crippen LogP contribution is 2.34. The molecule has 1 heterocycles. The molecule has 1 radical (unpaired) electrons. The molecule has 0 unspecified atom stereocenters. The minimum atomic E-state index is 0.292. The quantitative estimate of drug-likeness (QED) is 0.640. The summed E-state index contributed by atoms with van der Waals surface area (Å²) < 4.78 is 10.3. The first kappa shape index (κ1) is 6.49. The SMILES string of the molecule is NCc1[c]ccc2c1OCO2. The molecule has 3 nitrogen and oxygen atoms in total. The van der Waals surface area contributed by atoms with Gasteiger partial charge in [-0.25, -0.2) is 0 Å². The molecule has 0 atom stereocenters. The highest BCUT2D eigenvalue weighted by molar-refractivity contribution is 5.47. The average Bonchev–Trinajstić information content (AvgIpc) is 2.50. The molecule has 1 aliphatic heterocycles. The lowest BCUT2D eigenvalue weighted by atomic mass is 10.2. The Kier molecular flexibility index (Phi) is 1.43. The van der Waals surface area contributed by atoms with Crippen molar-refractivity contribution < 1.29 is 9.47 Å². The second-order valence-electron chi connectivity index (χ2n) is 2.26. The third kappa shape index (κ3) is 0.935. The molecular formula is C8H8NO2. The average molecular weight is 150 g/mol. The van der Waals surface area contributed by atoms with Crippen LogP contribution in [0.15, 0.2) is 12.1 Å². The number of ether oxygens (including phenoxy) is 2. The predicted octanol–water partition coefficient (Wildman–Crippen LogP) is 0.674. The Morgan fingerprint density at radius 3 is 3.27 bits per heavy atom. The maximum Gasteiger partial charge on any atom is 0.231 e. The molecule has 0 aliphatic carbocycles. The van der Waals surface area contributed by atoms with E-state index in [0.717, 1.165) is 17.1 Å². The summed E-state index contributed by atoms with van der Waals surface area (Å²) >= 11 is 0. The zero-order valence-corrected chi connectivity index (χ0v) is 5.96. The van der Waals surface area contributed by atoms with Gasteiger partial charge in [-0.2, -0.15) is 0 Å². The molecule has 0 saturated carbocycles. The molecule has 2 rings (SSSR count). The van der Waals surface area contributed by atoms with Crippen molar-refractivity contribution in [3.63, 3.8) is 0 Å². The first-order valence-corrected chi connectivity index (χ1v) is 3.41. The zero-order valence-electron chi connectivity index (χ0n) is 5.96. The lowest BCUT2D eigenvalue weighted by Crippen LogP contribution is -1.99. The molecule has 1 aromatic rings. The summed E-state index contributed by atoms with van der Waals surface area (Å²) in [5, 5.41) is 0. The van der Waals surface area contributed by atoms with Gasteiger partial charge in [0.1, 0.15) is 0 Å². The van der Waals surface area contributed by atoms with Gasteiger partial charge < -0.3 is 15.2 Å². The molecule has 0 amide bonds. The zero-order chi connectivity index (χ0) is 7.68. The summed E-state index contributed by atoms with van der Waals surface area (Å²) in [6, 6.07) is 6.60. The molecule has 1 aliphatic rings. The Labute approximate surface area is 64.7 Å². The van der Waals surface area contributed by atoms with Gasteiger partial charge in [0.2, 0.25) is 6.79 Å². The standard InChI is InChI=1S/C8H8NO2/c9-4-6-2-1-3-7-8(6)11-5-10-7/h1,3H,4-5,9H2. The number of benzene rings is 1. The molecule has 0 fully saturated rings. The summed E-state index contributed by atoms with van der Waals surface area (Å²) in [7, 11) is 0. The molecule has 3 heteroatoms. The largest absolute Gasteiger partial charge is 0.454 e.